The van der Waals surface area contributed by atoms with Gasteiger partial charge in [0, 0.05) is 19.0 Å². The van der Waals surface area contributed by atoms with Crippen LogP contribution in [0.2, 0.25) is 0 Å². The average molecular weight is 287 g/mol. The van der Waals surface area contributed by atoms with E-state index in [0.29, 0.717) is 12.6 Å². The maximum Gasteiger partial charge on any atom is 0.315 e. The molecular formula is C15H21N5O. The first kappa shape index (κ1) is 12.0. The first-order valence-corrected chi connectivity index (χ1v) is 8.26. The van der Waals surface area contributed by atoms with Crippen LogP contribution in [0.25, 0.3) is 0 Å². The Hall–Kier alpha value is -1.59. The van der Waals surface area contributed by atoms with Gasteiger partial charge in [0.05, 0.1) is 6.54 Å². The molecule has 21 heavy (non-hydrogen) atoms. The fourth-order valence-electron chi connectivity index (χ4n) is 5.22. The van der Waals surface area contributed by atoms with Gasteiger partial charge in [-0.2, -0.15) is 0 Å². The Labute approximate surface area is 123 Å². The highest BCUT2D eigenvalue weighted by molar-refractivity contribution is 5.74. The molecule has 3 aliphatic carbocycles. The maximum atomic E-state index is 12.1. The van der Waals surface area contributed by atoms with Crippen LogP contribution in [-0.4, -0.2) is 26.8 Å². The number of carbonyl (C=O) groups excluding carboxylic acids is 1. The van der Waals surface area contributed by atoms with Crippen LogP contribution < -0.4 is 10.6 Å². The van der Waals surface area contributed by atoms with Crippen LogP contribution in [0.5, 0.6) is 0 Å². The molecule has 0 spiro atoms. The molecule has 0 saturated heterocycles. The molecule has 4 aliphatic rings. The van der Waals surface area contributed by atoms with E-state index < -0.39 is 0 Å². The minimum atomic E-state index is -0.0378. The second kappa shape index (κ2) is 4.21. The van der Waals surface area contributed by atoms with E-state index in [4.69, 9.17) is 0 Å². The van der Waals surface area contributed by atoms with Gasteiger partial charge in [-0.3, -0.25) is 0 Å². The maximum absolute atomic E-state index is 12.1. The number of amides is 2. The average Bonchev–Trinajstić information content (AvgIpc) is 3.00. The van der Waals surface area contributed by atoms with E-state index in [1.54, 1.807) is 0 Å². The second-order valence-electron chi connectivity index (χ2n) is 7.13. The molecule has 2 heterocycles. The van der Waals surface area contributed by atoms with Crippen molar-refractivity contribution < 1.29 is 4.79 Å². The number of aromatic nitrogens is 3. The van der Waals surface area contributed by atoms with Crippen LogP contribution in [0.15, 0.2) is 0 Å². The van der Waals surface area contributed by atoms with Crippen LogP contribution in [0, 0.1) is 23.7 Å². The molecule has 2 N–H and O–H groups in total. The zero-order valence-electron chi connectivity index (χ0n) is 12.1. The van der Waals surface area contributed by atoms with Gasteiger partial charge in [0.1, 0.15) is 5.82 Å². The first-order chi connectivity index (χ1) is 10.3. The molecule has 112 valence electrons. The van der Waals surface area contributed by atoms with Gasteiger partial charge in [-0.05, 0) is 49.4 Å². The molecular weight excluding hydrogens is 266 g/mol. The molecule has 2 amide bonds. The second-order valence-corrected chi connectivity index (χ2v) is 7.13. The van der Waals surface area contributed by atoms with E-state index in [2.05, 4.69) is 25.4 Å². The topological polar surface area (TPSA) is 71.8 Å². The summed E-state index contributed by atoms with van der Waals surface area (Å²) in [5.41, 5.74) is 0. The largest absolute Gasteiger partial charge is 0.335 e. The number of rotatable bonds is 3. The summed E-state index contributed by atoms with van der Waals surface area (Å²) in [5.74, 6) is 5.29. The third-order valence-electron chi connectivity index (χ3n) is 6.13. The van der Waals surface area contributed by atoms with E-state index in [1.807, 2.05) is 0 Å². The highest BCUT2D eigenvalue weighted by Crippen LogP contribution is 2.65. The summed E-state index contributed by atoms with van der Waals surface area (Å²) in [6.07, 6.45) is 6.34. The van der Waals surface area contributed by atoms with Crippen molar-refractivity contribution in [3.63, 3.8) is 0 Å². The minimum Gasteiger partial charge on any atom is -0.335 e. The van der Waals surface area contributed by atoms with E-state index in [9.17, 15) is 4.79 Å². The van der Waals surface area contributed by atoms with Crippen LogP contribution in [0.4, 0.5) is 4.79 Å². The predicted octanol–water partition coefficient (Wildman–Crippen LogP) is 1.07. The fourth-order valence-corrected chi connectivity index (χ4v) is 5.22. The molecule has 0 aromatic carbocycles. The molecule has 1 aliphatic heterocycles. The number of urea groups is 1. The summed E-state index contributed by atoms with van der Waals surface area (Å²) in [5, 5.41) is 14.5. The molecule has 1 aromatic heterocycles. The van der Waals surface area contributed by atoms with Crippen molar-refractivity contribution in [2.75, 3.05) is 0 Å². The van der Waals surface area contributed by atoms with E-state index in [-0.39, 0.29) is 6.03 Å². The van der Waals surface area contributed by atoms with Crippen molar-refractivity contribution in [2.45, 2.75) is 51.2 Å². The zero-order chi connectivity index (χ0) is 14.0. The third kappa shape index (κ3) is 1.74. The Kier molecular flexibility index (Phi) is 2.41. The van der Waals surface area contributed by atoms with E-state index >= 15 is 0 Å². The Morgan fingerprint density at radius 3 is 2.86 bits per heavy atom. The van der Waals surface area contributed by atoms with Gasteiger partial charge in [0.2, 0.25) is 0 Å². The molecule has 1 aromatic rings. The van der Waals surface area contributed by atoms with Crippen LogP contribution in [0.1, 0.15) is 37.3 Å². The number of nitrogens with zero attached hydrogens (tertiary/aromatic N) is 3. The molecule has 0 unspecified atom stereocenters. The van der Waals surface area contributed by atoms with Crippen molar-refractivity contribution in [3.8, 4) is 0 Å². The highest BCUT2D eigenvalue weighted by Gasteiger charge is 2.65. The van der Waals surface area contributed by atoms with Gasteiger partial charge in [0.15, 0.2) is 5.82 Å². The molecule has 0 radical (unpaired) electrons. The Morgan fingerprint density at radius 2 is 2.05 bits per heavy atom. The van der Waals surface area contributed by atoms with E-state index in [0.717, 1.165) is 54.7 Å². The quantitative estimate of drug-likeness (QED) is 0.873. The summed E-state index contributed by atoms with van der Waals surface area (Å²) in [4.78, 5) is 12.1. The van der Waals surface area contributed by atoms with Crippen molar-refractivity contribution >= 4 is 6.03 Å². The predicted molar refractivity (Wildman–Crippen MR) is 75.3 cm³/mol. The lowest BCUT2D eigenvalue weighted by atomic mass is 10.0. The van der Waals surface area contributed by atoms with Gasteiger partial charge in [-0.1, -0.05) is 0 Å². The highest BCUT2D eigenvalue weighted by atomic mass is 16.2. The monoisotopic (exact) mass is 287 g/mol. The SMILES string of the molecule is O=C(NCc1nnc2n1CCC2)NC1[C@@H]2[C@H]3CC[C@@H](C3)[C@@H]12. The standard InChI is InChI=1S/C15H21N5O/c21-15(16-7-11-19-18-10-2-1-5-20(10)11)17-14-12-8-3-4-9(6-8)13(12)14/h8-9,12-14H,1-7H2,(H2,16,17,21)/t8-,9-,12+,13+/m0/s1. The zero-order valence-corrected chi connectivity index (χ0v) is 12.1. The Balaban J connectivity index is 1.16. The third-order valence-corrected chi connectivity index (χ3v) is 6.13. The summed E-state index contributed by atoms with van der Waals surface area (Å²) in [7, 11) is 0. The van der Waals surface area contributed by atoms with Gasteiger partial charge in [0.25, 0.3) is 0 Å². The van der Waals surface area contributed by atoms with Crippen LogP contribution in [-0.2, 0) is 19.5 Å². The number of nitrogens with one attached hydrogen (secondary N) is 2. The minimum absolute atomic E-state index is 0.0378. The molecule has 3 saturated carbocycles. The summed E-state index contributed by atoms with van der Waals surface area (Å²) in [6, 6.07) is 0.407. The fraction of sp³-hybridized carbons (Fsp3) is 0.800. The van der Waals surface area contributed by atoms with Crippen molar-refractivity contribution in [3.05, 3.63) is 11.6 Å². The van der Waals surface area contributed by atoms with Gasteiger partial charge >= 0.3 is 6.03 Å². The van der Waals surface area contributed by atoms with Gasteiger partial charge < -0.3 is 15.2 Å². The number of aryl methyl sites for hydroxylation is 1. The van der Waals surface area contributed by atoms with Crippen molar-refractivity contribution in [1.29, 1.82) is 0 Å². The lowest BCUT2D eigenvalue weighted by molar-refractivity contribution is 0.237. The Morgan fingerprint density at radius 1 is 1.24 bits per heavy atom. The molecule has 2 bridgehead atoms. The van der Waals surface area contributed by atoms with Crippen LogP contribution in [0.3, 0.4) is 0 Å². The van der Waals surface area contributed by atoms with Gasteiger partial charge in [-0.25, -0.2) is 4.79 Å². The van der Waals surface area contributed by atoms with Crippen molar-refractivity contribution in [1.82, 2.24) is 25.4 Å². The normalized spacial score (nSPS) is 38.2. The molecule has 5 rings (SSSR count). The smallest absolute Gasteiger partial charge is 0.315 e. The number of hydrogen-bond acceptors (Lipinski definition) is 3. The summed E-state index contributed by atoms with van der Waals surface area (Å²) in [6.45, 7) is 1.46. The summed E-state index contributed by atoms with van der Waals surface area (Å²) >= 11 is 0. The van der Waals surface area contributed by atoms with Crippen molar-refractivity contribution in [2.24, 2.45) is 23.7 Å². The molecule has 3 fully saturated rings. The first-order valence-electron chi connectivity index (χ1n) is 8.26. The van der Waals surface area contributed by atoms with Gasteiger partial charge in [-0.15, -0.1) is 10.2 Å². The lowest BCUT2D eigenvalue weighted by Crippen LogP contribution is -2.39. The molecule has 6 heteroatoms. The van der Waals surface area contributed by atoms with E-state index in [1.165, 1.54) is 19.3 Å². The number of fused-ring (bicyclic) bond motifs is 6. The lowest BCUT2D eigenvalue weighted by Gasteiger charge is -2.11. The number of carbonyl (C=O) groups is 1. The molecule has 4 atom stereocenters. The van der Waals surface area contributed by atoms with Crippen LogP contribution >= 0.6 is 0 Å². The molecule has 6 nitrogen and oxygen atoms in total. The number of hydrogen-bond donors (Lipinski definition) is 2. The Bertz CT molecular complexity index is 581. The summed E-state index contributed by atoms with van der Waals surface area (Å²) < 4.78 is 2.13.